The van der Waals surface area contributed by atoms with Crippen LogP contribution in [0.2, 0.25) is 0 Å². The zero-order valence-corrected chi connectivity index (χ0v) is 19.0. The van der Waals surface area contributed by atoms with Crippen LogP contribution in [-0.4, -0.2) is 52.6 Å². The van der Waals surface area contributed by atoms with Crippen molar-refractivity contribution in [2.75, 3.05) is 19.7 Å². The predicted octanol–water partition coefficient (Wildman–Crippen LogP) is 3.21. The number of likely N-dealkylation sites (tertiary alicyclic amines) is 1. The highest BCUT2D eigenvalue weighted by molar-refractivity contribution is 6.01. The van der Waals surface area contributed by atoms with E-state index in [-0.39, 0.29) is 36.5 Å². The highest BCUT2D eigenvalue weighted by Gasteiger charge is 2.46. The summed E-state index contributed by atoms with van der Waals surface area (Å²) < 4.78 is 26.7. The van der Waals surface area contributed by atoms with Gasteiger partial charge < -0.3 is 14.4 Å². The van der Waals surface area contributed by atoms with Crippen molar-refractivity contribution in [1.29, 1.82) is 0 Å². The topological polar surface area (TPSA) is 94.9 Å². The summed E-state index contributed by atoms with van der Waals surface area (Å²) in [4.78, 5) is 51.6. The van der Waals surface area contributed by atoms with Gasteiger partial charge in [0.05, 0.1) is 29.7 Å². The van der Waals surface area contributed by atoms with Gasteiger partial charge in [0.1, 0.15) is 11.4 Å². The number of esters is 1. The van der Waals surface area contributed by atoms with Crippen molar-refractivity contribution in [3.63, 3.8) is 0 Å². The number of hydrogen-bond donors (Lipinski definition) is 0. The van der Waals surface area contributed by atoms with Crippen molar-refractivity contribution in [3.05, 3.63) is 64.3 Å². The highest BCUT2D eigenvalue weighted by atomic mass is 19.1. The molecule has 0 radical (unpaired) electrons. The first-order valence-electron chi connectivity index (χ1n) is 10.7. The van der Waals surface area contributed by atoms with E-state index in [1.165, 1.54) is 33.9 Å². The molecule has 1 fully saturated rings. The van der Waals surface area contributed by atoms with Crippen LogP contribution in [0.5, 0.6) is 0 Å². The second kappa shape index (κ2) is 9.56. The molecule has 1 aliphatic rings. The Balaban J connectivity index is 1.89. The van der Waals surface area contributed by atoms with Crippen molar-refractivity contribution in [3.8, 4) is 5.69 Å². The summed E-state index contributed by atoms with van der Waals surface area (Å²) in [6, 6.07) is 8.37. The summed E-state index contributed by atoms with van der Waals surface area (Å²) in [5, 5.41) is 0. The average Bonchev–Trinajstić information content (AvgIpc) is 3.18. The third kappa shape index (κ3) is 5.47. The van der Waals surface area contributed by atoms with E-state index in [4.69, 9.17) is 9.47 Å². The molecule has 2 aromatic rings. The molecule has 8 nitrogen and oxygen atoms in total. The highest BCUT2D eigenvalue weighted by Crippen LogP contribution is 2.30. The van der Waals surface area contributed by atoms with Gasteiger partial charge in [-0.25, -0.2) is 9.18 Å². The van der Waals surface area contributed by atoms with Crippen LogP contribution in [0.15, 0.2) is 47.4 Å². The molecule has 176 valence electrons. The fraction of sp³-hybridized carbons (Fsp3) is 0.417. The quantitative estimate of drug-likeness (QED) is 0.505. The van der Waals surface area contributed by atoms with Gasteiger partial charge in [-0.15, -0.1) is 0 Å². The first-order valence-corrected chi connectivity index (χ1v) is 10.7. The van der Waals surface area contributed by atoms with Gasteiger partial charge in [0, 0.05) is 25.4 Å². The van der Waals surface area contributed by atoms with E-state index in [1.54, 1.807) is 39.8 Å². The summed E-state index contributed by atoms with van der Waals surface area (Å²) in [7, 11) is 0. The SMILES string of the molecule is CCOC(=O)[C@H]1CN(C(=O)OC(C)(C)C)C[C@@H]1C(=O)c1ccc(-n2ccccc2=O)cc1F. The summed E-state index contributed by atoms with van der Waals surface area (Å²) in [6.07, 6.45) is 0.830. The molecule has 1 amide bonds. The van der Waals surface area contributed by atoms with Crippen LogP contribution < -0.4 is 5.56 Å². The van der Waals surface area contributed by atoms with E-state index in [9.17, 15) is 23.6 Å². The van der Waals surface area contributed by atoms with Crippen LogP contribution in [0.1, 0.15) is 38.1 Å². The normalized spacial score (nSPS) is 18.2. The summed E-state index contributed by atoms with van der Waals surface area (Å²) in [5.74, 6) is -4.01. The maximum atomic E-state index is 15.0. The summed E-state index contributed by atoms with van der Waals surface area (Å²) >= 11 is 0. The molecular weight excluding hydrogens is 431 g/mol. The maximum absolute atomic E-state index is 15.0. The van der Waals surface area contributed by atoms with Crippen molar-refractivity contribution in [1.82, 2.24) is 9.47 Å². The van der Waals surface area contributed by atoms with E-state index in [0.29, 0.717) is 0 Å². The second-order valence-corrected chi connectivity index (χ2v) is 8.79. The number of carbonyl (C=O) groups excluding carboxylic acids is 3. The summed E-state index contributed by atoms with van der Waals surface area (Å²) in [5.41, 5.74) is -1.07. The molecule has 2 atom stereocenters. The number of hydrogen-bond acceptors (Lipinski definition) is 6. The molecular formula is C24H27FN2O6. The van der Waals surface area contributed by atoms with Gasteiger partial charge in [-0.05, 0) is 52.0 Å². The largest absolute Gasteiger partial charge is 0.466 e. The second-order valence-electron chi connectivity index (χ2n) is 8.79. The number of ether oxygens (including phenoxy) is 2. The molecule has 1 aromatic carbocycles. The maximum Gasteiger partial charge on any atom is 0.410 e. The van der Waals surface area contributed by atoms with Gasteiger partial charge >= 0.3 is 12.1 Å². The van der Waals surface area contributed by atoms with E-state index in [2.05, 4.69) is 0 Å². The number of amides is 1. The minimum absolute atomic E-state index is 0.0662. The number of ketones is 1. The lowest BCUT2D eigenvalue weighted by atomic mass is 9.88. The third-order valence-corrected chi connectivity index (χ3v) is 5.22. The Morgan fingerprint density at radius 3 is 2.39 bits per heavy atom. The van der Waals surface area contributed by atoms with E-state index < -0.39 is 41.1 Å². The van der Waals surface area contributed by atoms with E-state index in [1.807, 2.05) is 0 Å². The van der Waals surface area contributed by atoms with Crippen LogP contribution in [0.3, 0.4) is 0 Å². The zero-order chi connectivity index (χ0) is 24.3. The molecule has 2 heterocycles. The van der Waals surface area contributed by atoms with Gasteiger partial charge in [0.25, 0.3) is 5.56 Å². The molecule has 0 N–H and O–H groups in total. The lowest BCUT2D eigenvalue weighted by molar-refractivity contribution is -0.148. The standard InChI is InChI=1S/C24H27FN2O6/c1-5-32-22(30)18-14-26(23(31)33-24(2,3)4)13-17(18)21(29)16-10-9-15(12-19(16)25)27-11-7-6-8-20(27)28/h6-12,17-18H,5,13-14H2,1-4H3/t17-,18-/m0/s1. The lowest BCUT2D eigenvalue weighted by Crippen LogP contribution is -2.36. The Labute approximate surface area is 190 Å². The first-order chi connectivity index (χ1) is 15.5. The molecule has 33 heavy (non-hydrogen) atoms. The minimum atomic E-state index is -0.989. The van der Waals surface area contributed by atoms with Crippen molar-refractivity contribution in [2.24, 2.45) is 11.8 Å². The Kier molecular flexibility index (Phi) is 7.00. The average molecular weight is 458 g/mol. The number of carbonyl (C=O) groups is 3. The molecule has 3 rings (SSSR count). The van der Waals surface area contributed by atoms with Gasteiger partial charge in [0.2, 0.25) is 0 Å². The number of aromatic nitrogens is 1. The van der Waals surface area contributed by atoms with Crippen LogP contribution in [0.25, 0.3) is 5.69 Å². The molecule has 9 heteroatoms. The number of nitrogens with zero attached hydrogens (tertiary/aromatic N) is 2. The molecule has 0 saturated carbocycles. The Morgan fingerprint density at radius 2 is 1.79 bits per heavy atom. The number of benzene rings is 1. The number of halogens is 1. The number of rotatable bonds is 5. The first kappa shape index (κ1) is 24.2. The van der Waals surface area contributed by atoms with Crippen LogP contribution in [0, 0.1) is 17.7 Å². The van der Waals surface area contributed by atoms with Gasteiger partial charge in [-0.2, -0.15) is 0 Å². The smallest absolute Gasteiger partial charge is 0.410 e. The monoisotopic (exact) mass is 458 g/mol. The molecule has 1 aromatic heterocycles. The van der Waals surface area contributed by atoms with Gasteiger partial charge in [-0.1, -0.05) is 6.07 Å². The van der Waals surface area contributed by atoms with E-state index >= 15 is 0 Å². The predicted molar refractivity (Wildman–Crippen MR) is 118 cm³/mol. The Bertz CT molecular complexity index is 1120. The van der Waals surface area contributed by atoms with Crippen LogP contribution in [-0.2, 0) is 14.3 Å². The lowest BCUT2D eigenvalue weighted by Gasteiger charge is -2.24. The van der Waals surface area contributed by atoms with Crippen LogP contribution in [0.4, 0.5) is 9.18 Å². The molecule has 0 unspecified atom stereocenters. The fourth-order valence-corrected chi connectivity index (χ4v) is 3.73. The zero-order valence-electron chi connectivity index (χ0n) is 19.0. The van der Waals surface area contributed by atoms with Gasteiger partial charge in [0.15, 0.2) is 5.78 Å². The van der Waals surface area contributed by atoms with Crippen LogP contribution >= 0.6 is 0 Å². The number of pyridine rings is 1. The Hall–Kier alpha value is -3.49. The van der Waals surface area contributed by atoms with E-state index in [0.717, 1.165) is 6.07 Å². The Morgan fingerprint density at radius 1 is 1.09 bits per heavy atom. The van der Waals surface area contributed by atoms with Crippen molar-refractivity contribution < 1.29 is 28.2 Å². The summed E-state index contributed by atoms with van der Waals surface area (Å²) in [6.45, 7) is 6.71. The fourth-order valence-electron chi connectivity index (χ4n) is 3.73. The third-order valence-electron chi connectivity index (χ3n) is 5.22. The van der Waals surface area contributed by atoms with Gasteiger partial charge in [-0.3, -0.25) is 19.0 Å². The molecule has 1 saturated heterocycles. The molecule has 1 aliphatic heterocycles. The van der Waals surface area contributed by atoms with Crippen molar-refractivity contribution >= 4 is 17.8 Å². The minimum Gasteiger partial charge on any atom is -0.466 e. The molecule has 0 bridgehead atoms. The molecule has 0 spiro atoms. The van der Waals surface area contributed by atoms with Crippen molar-refractivity contribution in [2.45, 2.75) is 33.3 Å². The number of Topliss-reactive ketones (excluding diaryl/α,β-unsaturated/α-hetero) is 1. The molecule has 0 aliphatic carbocycles.